The number of carbonyl (C=O) groups is 1. The highest BCUT2D eigenvalue weighted by atomic mass is 16.5. The Morgan fingerprint density at radius 2 is 1.93 bits per heavy atom. The fourth-order valence-electron chi connectivity index (χ4n) is 5.86. The number of carbonyl (C=O) groups excluding carboxylic acids is 1. The summed E-state index contributed by atoms with van der Waals surface area (Å²) in [4.78, 5) is 26.7. The highest BCUT2D eigenvalue weighted by Crippen LogP contribution is 2.30. The summed E-state index contributed by atoms with van der Waals surface area (Å²) in [6.07, 6.45) is 19.7. The molecule has 0 bridgehead atoms. The molecule has 7 nitrogen and oxygen atoms in total. The van der Waals surface area contributed by atoms with Crippen LogP contribution in [0.4, 0.5) is 0 Å². The minimum absolute atomic E-state index is 0.000119. The van der Waals surface area contributed by atoms with Crippen LogP contribution in [0.5, 0.6) is 0 Å². The maximum atomic E-state index is 13.1. The summed E-state index contributed by atoms with van der Waals surface area (Å²) in [5, 5.41) is 0. The number of aliphatic imine (C=N–C) groups is 2. The van der Waals surface area contributed by atoms with Crippen molar-refractivity contribution < 1.29 is 9.53 Å². The Labute approximate surface area is 242 Å². The van der Waals surface area contributed by atoms with Gasteiger partial charge in [0.15, 0.2) is 0 Å². The third-order valence-electron chi connectivity index (χ3n) is 8.35. The first kappa shape index (κ1) is 31.7. The number of nitrogens with two attached hydrogens (primary N) is 1. The second-order valence-corrected chi connectivity index (χ2v) is 11.4. The lowest BCUT2D eigenvalue weighted by Gasteiger charge is -2.36. The van der Waals surface area contributed by atoms with Crippen molar-refractivity contribution in [1.82, 2.24) is 9.80 Å². The molecule has 3 heterocycles. The predicted molar refractivity (Wildman–Crippen MR) is 166 cm³/mol. The van der Waals surface area contributed by atoms with Gasteiger partial charge in [0.1, 0.15) is 6.17 Å². The molecule has 0 spiro atoms. The Morgan fingerprint density at radius 1 is 1.23 bits per heavy atom. The van der Waals surface area contributed by atoms with Crippen molar-refractivity contribution in [1.29, 1.82) is 0 Å². The molecule has 7 heteroatoms. The highest BCUT2D eigenvalue weighted by molar-refractivity contribution is 5.95. The molecule has 0 aliphatic carbocycles. The zero-order valence-corrected chi connectivity index (χ0v) is 24.9. The number of piperidine rings is 1. The fourth-order valence-corrected chi connectivity index (χ4v) is 5.86. The molecular formula is C33H49N5O2. The van der Waals surface area contributed by atoms with Crippen molar-refractivity contribution in [2.45, 2.75) is 84.0 Å². The van der Waals surface area contributed by atoms with Gasteiger partial charge < -0.3 is 20.3 Å². The summed E-state index contributed by atoms with van der Waals surface area (Å²) >= 11 is 0. The van der Waals surface area contributed by atoms with Gasteiger partial charge in [0.2, 0.25) is 0 Å². The van der Waals surface area contributed by atoms with Crippen LogP contribution < -0.4 is 5.73 Å². The lowest BCUT2D eigenvalue weighted by molar-refractivity contribution is -0.128. The van der Waals surface area contributed by atoms with E-state index in [1.54, 1.807) is 12.2 Å². The largest absolute Gasteiger partial charge is 0.368 e. The lowest BCUT2D eigenvalue weighted by Crippen LogP contribution is -2.46. The number of hydrogen-bond acceptors (Lipinski definition) is 6. The Bertz CT molecular complexity index is 1050. The Kier molecular flexibility index (Phi) is 12.6. The molecular weight excluding hydrogens is 498 g/mol. The van der Waals surface area contributed by atoms with E-state index in [-0.39, 0.29) is 30.5 Å². The van der Waals surface area contributed by atoms with Gasteiger partial charge in [-0.2, -0.15) is 0 Å². The molecule has 1 amide bonds. The molecule has 0 saturated carbocycles. The lowest BCUT2D eigenvalue weighted by atomic mass is 9.81. The molecule has 0 aromatic rings. The highest BCUT2D eigenvalue weighted by Gasteiger charge is 2.35. The van der Waals surface area contributed by atoms with Crippen LogP contribution in [0.1, 0.15) is 65.7 Å². The number of hydrogen-bond donors (Lipinski definition) is 1. The molecule has 218 valence electrons. The van der Waals surface area contributed by atoms with Gasteiger partial charge in [0.05, 0.1) is 18.4 Å². The van der Waals surface area contributed by atoms with Crippen molar-refractivity contribution in [2.24, 2.45) is 27.6 Å². The number of ether oxygens (including phenoxy) is 1. The number of rotatable bonds is 12. The van der Waals surface area contributed by atoms with E-state index >= 15 is 0 Å². The number of nitrogens with zero attached hydrogens (tertiary/aromatic N) is 4. The van der Waals surface area contributed by atoms with Gasteiger partial charge in [-0.15, -0.1) is 6.42 Å². The summed E-state index contributed by atoms with van der Waals surface area (Å²) in [6, 6.07) is 0.610. The third kappa shape index (κ3) is 8.86. The average Bonchev–Trinajstić information content (AvgIpc) is 3.49. The molecule has 3 unspecified atom stereocenters. The van der Waals surface area contributed by atoms with Gasteiger partial charge in [-0.3, -0.25) is 14.8 Å². The molecule has 2 N–H and O–H groups in total. The molecule has 4 atom stereocenters. The van der Waals surface area contributed by atoms with Crippen LogP contribution >= 0.6 is 0 Å². The summed E-state index contributed by atoms with van der Waals surface area (Å²) in [6.45, 7) is 18.8. The van der Waals surface area contributed by atoms with Crippen molar-refractivity contribution >= 4 is 17.8 Å². The van der Waals surface area contributed by atoms with Crippen LogP contribution in [-0.4, -0.2) is 78.7 Å². The maximum absolute atomic E-state index is 13.1. The van der Waals surface area contributed by atoms with Gasteiger partial charge in [-0.05, 0) is 76.1 Å². The predicted octanol–water partition coefficient (Wildman–Crippen LogP) is 4.92. The summed E-state index contributed by atoms with van der Waals surface area (Å²) < 4.78 is 6.24. The molecule has 2 fully saturated rings. The third-order valence-corrected chi connectivity index (χ3v) is 8.35. The van der Waals surface area contributed by atoms with Crippen LogP contribution in [0.25, 0.3) is 0 Å². The van der Waals surface area contributed by atoms with E-state index in [0.717, 1.165) is 56.5 Å². The molecule has 3 rings (SSSR count). The molecule has 40 heavy (non-hydrogen) atoms. The van der Waals surface area contributed by atoms with Crippen LogP contribution in [0.3, 0.4) is 0 Å². The van der Waals surface area contributed by atoms with Crippen LogP contribution in [0.15, 0.2) is 58.2 Å². The first-order valence-corrected chi connectivity index (χ1v) is 14.9. The van der Waals surface area contributed by atoms with Crippen LogP contribution in [-0.2, 0) is 9.53 Å². The standard InChI is InChI=1S/C33H49N5O2/c1-7-9-13-26(5)36-28(12-8-2)23-40-31-27(6)30(22-35-32(31)34)24(3)14-15-25(4)33(39)38-20-16-29(17-21-38)37-18-10-11-19-37/h2,12,14-15,22,27,29-32H,3-4,7,9-11,13,16-21,23,34H2,1,5-6H3/b15-14-,28-12-,36-26+/t27?,30?,31?,32-/m1/s1. The molecule has 0 aromatic heterocycles. The number of amides is 1. The topological polar surface area (TPSA) is 83.5 Å². The Hall–Kier alpha value is -2.79. The van der Waals surface area contributed by atoms with Gasteiger partial charge in [-0.25, -0.2) is 0 Å². The Balaban J connectivity index is 1.54. The normalized spacial score (nSPS) is 26.8. The van der Waals surface area contributed by atoms with Crippen LogP contribution in [0.2, 0.25) is 0 Å². The minimum Gasteiger partial charge on any atom is -0.368 e. The summed E-state index contributed by atoms with van der Waals surface area (Å²) in [5.74, 6) is 2.52. The minimum atomic E-state index is -0.486. The summed E-state index contributed by atoms with van der Waals surface area (Å²) in [5.41, 5.74) is 9.38. The quantitative estimate of drug-likeness (QED) is 0.163. The molecule has 3 aliphatic rings. The van der Waals surface area contributed by atoms with Gasteiger partial charge in [-0.1, -0.05) is 45.4 Å². The van der Waals surface area contributed by atoms with Crippen molar-refractivity contribution in [3.63, 3.8) is 0 Å². The van der Waals surface area contributed by atoms with E-state index < -0.39 is 6.17 Å². The van der Waals surface area contributed by atoms with Gasteiger partial charge in [0, 0.05) is 48.6 Å². The number of likely N-dealkylation sites (tertiary alicyclic amines) is 2. The van der Waals surface area contributed by atoms with Crippen molar-refractivity contribution in [3.8, 4) is 12.3 Å². The number of allylic oxidation sites excluding steroid dienone is 3. The van der Waals surface area contributed by atoms with Crippen LogP contribution in [0, 0.1) is 24.2 Å². The number of unbranched alkanes of at least 4 members (excludes halogenated alkanes) is 1. The average molecular weight is 548 g/mol. The van der Waals surface area contributed by atoms with E-state index in [0.29, 0.717) is 17.3 Å². The molecule has 3 aliphatic heterocycles. The van der Waals surface area contributed by atoms with E-state index in [9.17, 15) is 4.79 Å². The first-order valence-electron chi connectivity index (χ1n) is 14.9. The van der Waals surface area contributed by atoms with E-state index in [4.69, 9.17) is 16.9 Å². The van der Waals surface area contributed by atoms with Crippen molar-refractivity contribution in [2.75, 3.05) is 32.8 Å². The number of terminal acetylenes is 1. The maximum Gasteiger partial charge on any atom is 0.253 e. The summed E-state index contributed by atoms with van der Waals surface area (Å²) in [7, 11) is 0. The second kappa shape index (κ2) is 15.9. The smallest absolute Gasteiger partial charge is 0.253 e. The molecule has 0 aromatic carbocycles. The Morgan fingerprint density at radius 3 is 2.58 bits per heavy atom. The zero-order valence-electron chi connectivity index (χ0n) is 24.9. The molecule has 2 saturated heterocycles. The second-order valence-electron chi connectivity index (χ2n) is 11.4. The monoisotopic (exact) mass is 547 g/mol. The SMILES string of the molecule is C#C/C=C(COC1C(C)C(C(=C)/C=C\C(=C)C(=O)N2CCC(N3CCCC3)CC2)C=N[C@H]1N)\N=C(/C)CCCC. The van der Waals surface area contributed by atoms with Gasteiger partial charge in [0.25, 0.3) is 5.91 Å². The fraction of sp³-hybridized carbons (Fsp3) is 0.606. The van der Waals surface area contributed by atoms with E-state index in [1.807, 2.05) is 24.1 Å². The van der Waals surface area contributed by atoms with Crippen molar-refractivity contribution in [3.05, 3.63) is 48.2 Å². The van der Waals surface area contributed by atoms with E-state index in [2.05, 4.69) is 47.8 Å². The zero-order chi connectivity index (χ0) is 29.1. The van der Waals surface area contributed by atoms with Gasteiger partial charge >= 0.3 is 0 Å². The van der Waals surface area contributed by atoms with E-state index in [1.165, 1.54) is 25.9 Å². The molecule has 0 radical (unpaired) electrons. The first-order chi connectivity index (χ1) is 19.2.